The van der Waals surface area contributed by atoms with Gasteiger partial charge in [-0.25, -0.2) is 0 Å². The van der Waals surface area contributed by atoms with Crippen LogP contribution in [-0.2, 0) is 0 Å². The van der Waals surface area contributed by atoms with Crippen LogP contribution in [0, 0.1) is 5.41 Å². The predicted molar refractivity (Wildman–Crippen MR) is 30.8 cm³/mol. The van der Waals surface area contributed by atoms with Crippen LogP contribution in [0.4, 0.5) is 0 Å². The van der Waals surface area contributed by atoms with Gasteiger partial charge in [-0.2, -0.15) is 0 Å². The molecule has 0 spiro atoms. The summed E-state index contributed by atoms with van der Waals surface area (Å²) in [6, 6.07) is 0. The fourth-order valence-electron chi connectivity index (χ4n) is 0. The number of nitrogens with one attached hydrogen (secondary N) is 1. The molecule has 0 unspecified atom stereocenters. The van der Waals surface area contributed by atoms with Gasteiger partial charge in [-0.15, -0.1) is 0 Å². The Morgan fingerprint density at radius 1 is 1.56 bits per heavy atom. The van der Waals surface area contributed by atoms with Crippen LogP contribution in [0.3, 0.4) is 0 Å². The van der Waals surface area contributed by atoms with Crippen LogP contribution in [0.1, 0.15) is 6.92 Å². The fraction of sp³-hybridized carbons (Fsp3) is 0.667. The third-order valence-electron chi connectivity index (χ3n) is 0. The van der Waals surface area contributed by atoms with Crippen LogP contribution in [0.5, 0.6) is 0 Å². The zero-order valence-corrected chi connectivity index (χ0v) is 5.76. The molecule has 0 fully saturated rings. The van der Waals surface area contributed by atoms with Gasteiger partial charge in [0.1, 0.15) is 0 Å². The smallest absolute Gasteiger partial charge is 0.870 e. The van der Waals surface area contributed by atoms with Crippen molar-refractivity contribution in [2.45, 2.75) is 6.92 Å². The summed E-state index contributed by atoms with van der Waals surface area (Å²) < 4.78 is 0. The molecular formula is C3H12LiN3O2. The van der Waals surface area contributed by atoms with Gasteiger partial charge < -0.3 is 22.1 Å². The van der Waals surface area contributed by atoms with Gasteiger partial charge in [-0.05, 0) is 6.92 Å². The van der Waals surface area contributed by atoms with Crippen LogP contribution in [0.25, 0.3) is 0 Å². The number of rotatable bonds is 0. The molecule has 52 valence electrons. The van der Waals surface area contributed by atoms with E-state index in [9.17, 15) is 0 Å². The van der Waals surface area contributed by atoms with Gasteiger partial charge >= 0.3 is 18.9 Å². The second kappa shape index (κ2) is 25.0. The Labute approximate surface area is 66.4 Å². The van der Waals surface area contributed by atoms with Crippen LogP contribution < -0.4 is 30.3 Å². The molecule has 0 rings (SSSR count). The first-order chi connectivity index (χ1) is 3.15. The van der Waals surface area contributed by atoms with Crippen molar-refractivity contribution in [3.05, 3.63) is 0 Å². The molecule has 0 aromatic carbocycles. The quantitative estimate of drug-likeness (QED) is 0.150. The summed E-state index contributed by atoms with van der Waals surface area (Å²) in [6.07, 6.45) is 0. The standard InChI is InChI=1S/C2H6O.CH5N3.Li.H2O/c1-2-3;2-1(3)4;;/h3H,2H2,1H3;(H5,2,3,4);;1H2/q;;+1;/p-1. The van der Waals surface area contributed by atoms with Gasteiger partial charge in [0.2, 0.25) is 0 Å². The number of hydrogen-bond acceptors (Lipinski definition) is 3. The maximum absolute atomic E-state index is 7.57. The summed E-state index contributed by atoms with van der Waals surface area (Å²) in [5.74, 6) is -0.333. The van der Waals surface area contributed by atoms with Crippen molar-refractivity contribution in [2.24, 2.45) is 11.5 Å². The molecule has 0 heterocycles. The molecule has 0 saturated carbocycles. The van der Waals surface area contributed by atoms with Crippen LogP contribution in [-0.4, -0.2) is 23.1 Å². The first-order valence-electron chi connectivity index (χ1n) is 1.85. The van der Waals surface area contributed by atoms with E-state index in [0.29, 0.717) is 0 Å². The summed E-state index contributed by atoms with van der Waals surface area (Å²) in [7, 11) is 0. The van der Waals surface area contributed by atoms with Crippen molar-refractivity contribution in [1.82, 2.24) is 0 Å². The maximum atomic E-state index is 7.57. The van der Waals surface area contributed by atoms with E-state index in [1.165, 1.54) is 0 Å². The SMILES string of the molecule is CCO.N=C(N)N.[Li+].[OH-]. The van der Waals surface area contributed by atoms with Gasteiger partial charge in [-0.1, -0.05) is 0 Å². The van der Waals surface area contributed by atoms with Crippen LogP contribution in [0.2, 0.25) is 0 Å². The molecule has 0 aliphatic carbocycles. The fourth-order valence-corrected chi connectivity index (χ4v) is 0. The summed E-state index contributed by atoms with van der Waals surface area (Å²) >= 11 is 0. The Bertz CT molecular complexity index is 48.3. The average molecular weight is 129 g/mol. The van der Waals surface area contributed by atoms with Gasteiger partial charge in [0.25, 0.3) is 0 Å². The summed E-state index contributed by atoms with van der Waals surface area (Å²) in [5, 5.41) is 13.6. The van der Waals surface area contributed by atoms with Crippen molar-refractivity contribution < 1.29 is 29.4 Å². The van der Waals surface area contributed by atoms with Crippen molar-refractivity contribution in [3.63, 3.8) is 0 Å². The Morgan fingerprint density at radius 2 is 1.56 bits per heavy atom. The van der Waals surface area contributed by atoms with E-state index in [0.717, 1.165) is 0 Å². The number of hydrogen-bond donors (Lipinski definition) is 4. The van der Waals surface area contributed by atoms with Crippen LogP contribution >= 0.6 is 0 Å². The van der Waals surface area contributed by atoms with Crippen molar-refractivity contribution >= 4 is 5.96 Å². The van der Waals surface area contributed by atoms with E-state index >= 15 is 0 Å². The van der Waals surface area contributed by atoms with E-state index in [1.54, 1.807) is 6.92 Å². The average Bonchev–Trinajstić information content (AvgIpc) is 1.33. The zero-order chi connectivity index (χ0) is 6.28. The minimum absolute atomic E-state index is 0. The third-order valence-corrected chi connectivity index (χ3v) is 0. The summed E-state index contributed by atoms with van der Waals surface area (Å²) in [4.78, 5) is 0. The van der Waals surface area contributed by atoms with Crippen molar-refractivity contribution in [2.75, 3.05) is 6.61 Å². The topological polar surface area (TPSA) is 126 Å². The molecule has 0 atom stereocenters. The zero-order valence-electron chi connectivity index (χ0n) is 5.76. The molecule has 0 bridgehead atoms. The Kier molecular flexibility index (Phi) is 64.6. The molecule has 7 N–H and O–H groups in total. The molecule has 0 saturated heterocycles. The second-order valence-corrected chi connectivity index (χ2v) is 0.772. The summed E-state index contributed by atoms with van der Waals surface area (Å²) in [6.45, 7) is 1.93. The number of aliphatic hydroxyl groups is 1. The minimum Gasteiger partial charge on any atom is -0.870 e. The summed E-state index contributed by atoms with van der Waals surface area (Å²) in [5.41, 5.74) is 8.94. The monoisotopic (exact) mass is 129 g/mol. The number of nitrogens with two attached hydrogens (primary N) is 2. The molecule has 6 heteroatoms. The normalized spacial score (nSPS) is 4.67. The second-order valence-electron chi connectivity index (χ2n) is 0.772. The molecule has 0 aromatic rings. The van der Waals surface area contributed by atoms with Gasteiger partial charge in [0, 0.05) is 6.61 Å². The van der Waals surface area contributed by atoms with E-state index in [-0.39, 0.29) is 36.9 Å². The Balaban J connectivity index is -0.0000000233. The Morgan fingerprint density at radius 3 is 1.56 bits per heavy atom. The number of guanidine groups is 1. The van der Waals surface area contributed by atoms with E-state index < -0.39 is 0 Å². The first kappa shape index (κ1) is 23.3. The maximum Gasteiger partial charge on any atom is 1.00 e. The van der Waals surface area contributed by atoms with Crippen molar-refractivity contribution in [1.29, 1.82) is 5.41 Å². The minimum atomic E-state index is -0.333. The molecule has 0 radical (unpaired) electrons. The van der Waals surface area contributed by atoms with Gasteiger partial charge in [0.05, 0.1) is 0 Å². The molecule has 0 aromatic heterocycles. The first-order valence-corrected chi connectivity index (χ1v) is 1.85. The number of aliphatic hydroxyl groups excluding tert-OH is 1. The van der Waals surface area contributed by atoms with Crippen LogP contribution in [0.15, 0.2) is 0 Å². The molecule has 0 aliphatic heterocycles. The van der Waals surface area contributed by atoms with Crippen molar-refractivity contribution in [3.8, 4) is 0 Å². The largest absolute Gasteiger partial charge is 1.00 e. The molecule has 0 aliphatic rings. The van der Waals surface area contributed by atoms with Gasteiger partial charge in [-0.3, -0.25) is 5.41 Å². The molecule has 9 heavy (non-hydrogen) atoms. The molecule has 5 nitrogen and oxygen atoms in total. The van der Waals surface area contributed by atoms with E-state index in [2.05, 4.69) is 11.5 Å². The van der Waals surface area contributed by atoms with Gasteiger partial charge in [0.15, 0.2) is 5.96 Å². The Hall–Kier alpha value is -0.213. The molecular weight excluding hydrogens is 117 g/mol. The van der Waals surface area contributed by atoms with E-state index in [1.807, 2.05) is 0 Å². The van der Waals surface area contributed by atoms with E-state index in [4.69, 9.17) is 10.5 Å². The molecule has 0 amide bonds. The third kappa shape index (κ3) is 5770. The predicted octanol–water partition coefficient (Wildman–Crippen LogP) is -4.34.